The average Bonchev–Trinajstić information content (AvgIpc) is 3.27. The van der Waals surface area contributed by atoms with Crippen LogP contribution in [-0.4, -0.2) is 88.2 Å². The van der Waals surface area contributed by atoms with Crippen LogP contribution in [0.3, 0.4) is 0 Å². The van der Waals surface area contributed by atoms with Gasteiger partial charge in [-0.2, -0.15) is 0 Å². The third kappa shape index (κ3) is 6.78. The monoisotopic (exact) mass is 549 g/mol. The van der Waals surface area contributed by atoms with E-state index in [0.29, 0.717) is 55.3 Å². The summed E-state index contributed by atoms with van der Waals surface area (Å²) in [6.07, 6.45) is -0.371. The molecule has 11 nitrogen and oxygen atoms in total. The number of ether oxygens (including phenoxy) is 1. The fourth-order valence-corrected chi connectivity index (χ4v) is 5.11. The lowest BCUT2D eigenvalue weighted by Gasteiger charge is -2.36. The van der Waals surface area contributed by atoms with Gasteiger partial charge >= 0.3 is 0 Å². The number of carbonyl (C=O) groups is 2. The second kappa shape index (κ2) is 11.6. The first-order valence-electron chi connectivity index (χ1n) is 12.3. The van der Waals surface area contributed by atoms with Crippen molar-refractivity contribution in [2.24, 2.45) is 5.73 Å². The molecule has 0 radical (unpaired) electrons. The van der Waals surface area contributed by atoms with Gasteiger partial charge in [-0.05, 0) is 42.5 Å². The summed E-state index contributed by atoms with van der Waals surface area (Å²) < 4.78 is 45.2. The van der Waals surface area contributed by atoms with Crippen LogP contribution in [0.15, 0.2) is 42.5 Å². The van der Waals surface area contributed by atoms with Gasteiger partial charge in [-0.3, -0.25) is 14.3 Å². The summed E-state index contributed by atoms with van der Waals surface area (Å²) in [5.41, 5.74) is 7.25. The van der Waals surface area contributed by atoms with Crippen LogP contribution in [0.1, 0.15) is 23.2 Å². The number of sulfonamides is 1. The molecule has 13 heteroatoms. The molecular formula is C25H32FN5O6S. The Morgan fingerprint density at radius 3 is 2.37 bits per heavy atom. The van der Waals surface area contributed by atoms with E-state index in [4.69, 9.17) is 10.5 Å². The third-order valence-corrected chi connectivity index (χ3v) is 7.16. The molecular weight excluding hydrogens is 517 g/mol. The van der Waals surface area contributed by atoms with Crippen LogP contribution in [0.2, 0.25) is 0 Å². The first kappa shape index (κ1) is 27.8. The van der Waals surface area contributed by atoms with Gasteiger partial charge in [0.25, 0.3) is 0 Å². The summed E-state index contributed by atoms with van der Waals surface area (Å²) >= 11 is 0. The maximum Gasteiger partial charge on any atom is 0.238 e. The number of nitrogens with one attached hydrogen (secondary N) is 1. The maximum absolute atomic E-state index is 15.0. The molecule has 2 aliphatic heterocycles. The molecule has 2 saturated heterocycles. The molecule has 0 saturated carbocycles. The molecule has 2 aromatic carbocycles. The van der Waals surface area contributed by atoms with Gasteiger partial charge in [-0.25, -0.2) is 12.8 Å². The number of aliphatic hydroxyl groups excluding tert-OH is 1. The van der Waals surface area contributed by atoms with Gasteiger partial charge in [0.05, 0.1) is 24.6 Å². The predicted octanol–water partition coefficient (Wildman–Crippen LogP) is 0.949. The first-order chi connectivity index (χ1) is 18.0. The van der Waals surface area contributed by atoms with E-state index >= 15 is 0 Å². The van der Waals surface area contributed by atoms with Gasteiger partial charge in [-0.1, -0.05) is 0 Å². The van der Waals surface area contributed by atoms with Gasteiger partial charge in [-0.15, -0.1) is 0 Å². The fourth-order valence-electron chi connectivity index (χ4n) is 4.55. The number of hydrogen-bond acceptors (Lipinski definition) is 9. The van der Waals surface area contributed by atoms with Gasteiger partial charge in [0.1, 0.15) is 5.82 Å². The molecule has 2 aliphatic rings. The first-order valence-corrected chi connectivity index (χ1v) is 14.2. The molecule has 4 rings (SSSR count). The van der Waals surface area contributed by atoms with Crippen molar-refractivity contribution in [1.82, 2.24) is 4.90 Å². The van der Waals surface area contributed by atoms with E-state index in [1.165, 1.54) is 30.3 Å². The number of anilines is 3. The number of amides is 1. The van der Waals surface area contributed by atoms with Crippen molar-refractivity contribution >= 4 is 38.8 Å². The molecule has 1 unspecified atom stereocenters. The molecule has 2 atom stereocenters. The Hall–Kier alpha value is -3.26. The van der Waals surface area contributed by atoms with Crippen LogP contribution in [0.4, 0.5) is 21.5 Å². The van der Waals surface area contributed by atoms with E-state index in [2.05, 4.69) is 4.72 Å². The number of carbonyl (C=O) groups excluding carboxylic acids is 2. The summed E-state index contributed by atoms with van der Waals surface area (Å²) in [7, 11) is -3.41. The number of ketones is 1. The zero-order valence-corrected chi connectivity index (χ0v) is 21.9. The Bertz CT molecular complexity index is 1270. The largest absolute Gasteiger partial charge is 0.366 e. The highest BCUT2D eigenvalue weighted by atomic mass is 32.2. The average molecular weight is 550 g/mol. The second-order valence-corrected chi connectivity index (χ2v) is 11.1. The number of piperazine rings is 1. The number of nitrogens with zero attached hydrogens (tertiary/aromatic N) is 3. The highest BCUT2D eigenvalue weighted by Crippen LogP contribution is 2.29. The lowest BCUT2D eigenvalue weighted by atomic mass is 10.1. The molecule has 2 aromatic rings. The van der Waals surface area contributed by atoms with Crippen molar-refractivity contribution in [2.45, 2.75) is 25.4 Å². The van der Waals surface area contributed by atoms with Gasteiger partial charge in [0.15, 0.2) is 5.78 Å². The summed E-state index contributed by atoms with van der Waals surface area (Å²) in [5.74, 6) is -0.799. The van der Waals surface area contributed by atoms with E-state index in [-0.39, 0.29) is 37.2 Å². The Labute approximate surface area is 221 Å². The van der Waals surface area contributed by atoms with Crippen molar-refractivity contribution in [2.75, 3.05) is 60.0 Å². The quantitative estimate of drug-likeness (QED) is 0.389. The summed E-state index contributed by atoms with van der Waals surface area (Å²) in [6, 6.07) is 10.8. The van der Waals surface area contributed by atoms with Gasteiger partial charge in [0.2, 0.25) is 22.3 Å². The lowest BCUT2D eigenvalue weighted by Crippen LogP contribution is -2.49. The van der Waals surface area contributed by atoms with E-state index in [9.17, 15) is 27.5 Å². The maximum atomic E-state index is 15.0. The number of Topliss-reactive ketones (excluding diaryl/α,β-unsaturated/α-hetero) is 1. The molecule has 38 heavy (non-hydrogen) atoms. The van der Waals surface area contributed by atoms with E-state index in [1.54, 1.807) is 21.9 Å². The topological polar surface area (TPSA) is 146 Å². The normalized spacial score (nSPS) is 20.1. The van der Waals surface area contributed by atoms with Crippen LogP contribution in [-0.2, 0) is 19.6 Å². The number of nitrogens with two attached hydrogens (primary N) is 1. The van der Waals surface area contributed by atoms with Crippen molar-refractivity contribution in [1.29, 1.82) is 0 Å². The molecule has 1 amide bonds. The number of benzene rings is 2. The molecule has 2 heterocycles. The van der Waals surface area contributed by atoms with Crippen molar-refractivity contribution in [3.63, 3.8) is 0 Å². The van der Waals surface area contributed by atoms with Gasteiger partial charge in [0, 0.05) is 62.5 Å². The minimum atomic E-state index is -3.41. The van der Waals surface area contributed by atoms with Crippen molar-refractivity contribution < 1.29 is 32.2 Å². The Kier molecular flexibility index (Phi) is 8.51. The van der Waals surface area contributed by atoms with Gasteiger partial charge < -0.3 is 30.3 Å². The van der Waals surface area contributed by atoms with E-state index in [0.717, 1.165) is 6.26 Å². The Morgan fingerprint density at radius 2 is 1.79 bits per heavy atom. The van der Waals surface area contributed by atoms with E-state index in [1.807, 2.05) is 4.90 Å². The molecule has 0 spiro atoms. The van der Waals surface area contributed by atoms with Crippen LogP contribution in [0.25, 0.3) is 0 Å². The highest BCUT2D eigenvalue weighted by Gasteiger charge is 2.31. The molecule has 2 fully saturated rings. The van der Waals surface area contributed by atoms with Crippen molar-refractivity contribution in [3.05, 3.63) is 53.8 Å². The molecule has 206 valence electrons. The van der Waals surface area contributed by atoms with E-state index < -0.39 is 22.3 Å². The fraction of sp³-hybridized carbons (Fsp3) is 0.440. The number of rotatable bonds is 9. The number of aliphatic hydroxyl groups is 1. The van der Waals surface area contributed by atoms with Crippen molar-refractivity contribution in [3.8, 4) is 0 Å². The summed E-state index contributed by atoms with van der Waals surface area (Å²) in [4.78, 5) is 30.2. The SMILES string of the molecule is CS(=O)(=O)Nc1ccc(C(=O)CCC(=O)N2CCN(c3ccc(N4C[C@H](CN)OC4O)cc3F)CC2)cc1. The molecule has 0 bridgehead atoms. The molecule has 0 aliphatic carbocycles. The predicted molar refractivity (Wildman–Crippen MR) is 141 cm³/mol. The summed E-state index contributed by atoms with van der Waals surface area (Å²) in [6.45, 7) is 2.30. The minimum absolute atomic E-state index is 0.0328. The highest BCUT2D eigenvalue weighted by molar-refractivity contribution is 7.92. The Morgan fingerprint density at radius 1 is 1.11 bits per heavy atom. The van der Waals surface area contributed by atoms with Crippen LogP contribution < -0.4 is 20.3 Å². The smallest absolute Gasteiger partial charge is 0.238 e. The second-order valence-electron chi connectivity index (χ2n) is 9.35. The summed E-state index contributed by atoms with van der Waals surface area (Å²) in [5, 5.41) is 10.1. The van der Waals surface area contributed by atoms with Crippen LogP contribution >= 0.6 is 0 Å². The number of halogens is 1. The number of hydrogen-bond donors (Lipinski definition) is 3. The third-order valence-electron chi connectivity index (χ3n) is 6.56. The molecule has 0 aromatic heterocycles. The minimum Gasteiger partial charge on any atom is -0.366 e. The lowest BCUT2D eigenvalue weighted by molar-refractivity contribution is -0.131. The van der Waals surface area contributed by atoms with Crippen LogP contribution in [0, 0.1) is 5.82 Å². The zero-order chi connectivity index (χ0) is 27.4. The van der Waals surface area contributed by atoms with Crippen LogP contribution in [0.5, 0.6) is 0 Å². The zero-order valence-electron chi connectivity index (χ0n) is 21.0. The Balaban J connectivity index is 1.26. The standard InChI is InChI=1S/C25H32FN5O6S/c1-38(35,36)28-18-4-2-17(3-5-18)23(32)8-9-24(33)30-12-10-29(11-13-30)22-7-6-19(14-21(22)26)31-16-20(15-27)37-25(31)34/h2-7,14,20,25,28,34H,8-13,15-16,27H2,1H3/t20-,25?/m0/s1. The molecule has 4 N–H and O–H groups in total.